The average molecular weight is 432 g/mol. The lowest BCUT2D eigenvalue weighted by Crippen LogP contribution is -2.49. The number of fused-ring (bicyclic) bond motifs is 4. The second kappa shape index (κ2) is 7.49. The van der Waals surface area contributed by atoms with Crippen LogP contribution in [0.2, 0.25) is 0 Å². The molecular weight excluding hydrogens is 410 g/mol. The van der Waals surface area contributed by atoms with E-state index in [1.165, 1.54) is 16.4 Å². The number of rotatable bonds is 3. The Morgan fingerprint density at radius 1 is 0.903 bits per heavy atom. The zero-order chi connectivity index (χ0) is 21.6. The number of nitriles is 1. The fraction of sp³-hybridized carbons (Fsp3) is 0.250. The molecule has 0 N–H and O–H groups in total. The third-order valence-corrected chi connectivity index (χ3v) is 8.16. The van der Waals surface area contributed by atoms with E-state index in [-0.39, 0.29) is 27.9 Å². The van der Waals surface area contributed by atoms with Crippen LogP contribution in [-0.4, -0.2) is 30.4 Å². The van der Waals surface area contributed by atoms with E-state index in [9.17, 15) is 18.5 Å². The largest absolute Gasteiger partial charge is 0.311 e. The minimum absolute atomic E-state index is 0.0458. The van der Waals surface area contributed by atoms with Gasteiger partial charge in [-0.25, -0.2) is 8.42 Å². The quantitative estimate of drug-likeness (QED) is 0.638. The Bertz CT molecular complexity index is 1360. The molecule has 0 radical (unpaired) electrons. The average Bonchev–Trinajstić information content (AvgIpc) is 2.80. The summed E-state index contributed by atoms with van der Waals surface area (Å²) in [4.78, 5) is 12.7. The molecule has 2 aliphatic heterocycles. The van der Waals surface area contributed by atoms with E-state index in [1.54, 1.807) is 18.2 Å². The lowest BCUT2D eigenvalue weighted by atomic mass is 9.81. The summed E-state index contributed by atoms with van der Waals surface area (Å²) in [7, 11) is -3.81. The van der Waals surface area contributed by atoms with Crippen LogP contribution in [0.3, 0.4) is 0 Å². The first-order chi connectivity index (χ1) is 15.0. The zero-order valence-corrected chi connectivity index (χ0v) is 17.6. The second-order valence-electron chi connectivity index (χ2n) is 8.18. The molecule has 3 heterocycles. The van der Waals surface area contributed by atoms with Crippen LogP contribution in [0.1, 0.15) is 23.6 Å². The molecule has 0 unspecified atom stereocenters. The van der Waals surface area contributed by atoms with Gasteiger partial charge in [-0.1, -0.05) is 42.5 Å². The predicted octanol–water partition coefficient (Wildman–Crippen LogP) is 3.19. The van der Waals surface area contributed by atoms with Crippen LogP contribution >= 0.6 is 0 Å². The maximum absolute atomic E-state index is 13.4. The molecule has 0 saturated carbocycles. The molecule has 0 spiro atoms. The maximum Gasteiger partial charge on any atom is 0.250 e. The number of hydrogen-bond donors (Lipinski definition) is 0. The molecule has 2 aliphatic rings. The van der Waals surface area contributed by atoms with Gasteiger partial charge in [0.05, 0.1) is 10.5 Å². The van der Waals surface area contributed by atoms with Crippen LogP contribution in [0.5, 0.6) is 0 Å². The SMILES string of the molecule is N#Cc1ccccc1S(=O)(=O)N1C[C@@H]2C[C@H](C1)c1c(-c3ccccc3)ccc(=O)n1C2. The van der Waals surface area contributed by atoms with E-state index in [2.05, 4.69) is 0 Å². The molecule has 6 nitrogen and oxygen atoms in total. The molecule has 0 aliphatic carbocycles. The molecule has 3 aromatic rings. The van der Waals surface area contributed by atoms with Crippen molar-refractivity contribution in [3.63, 3.8) is 0 Å². The normalized spacial score (nSPS) is 20.6. The molecule has 2 bridgehead atoms. The van der Waals surface area contributed by atoms with Gasteiger partial charge in [-0.05, 0) is 36.1 Å². The van der Waals surface area contributed by atoms with Gasteiger partial charge in [-0.3, -0.25) is 4.79 Å². The molecule has 1 fully saturated rings. The first kappa shape index (κ1) is 19.7. The van der Waals surface area contributed by atoms with Gasteiger partial charge in [0.1, 0.15) is 6.07 Å². The Morgan fingerprint density at radius 2 is 1.65 bits per heavy atom. The molecule has 1 saturated heterocycles. The standard InChI is InChI=1S/C24H21N3O3S/c25-13-19-8-4-5-9-22(19)31(29,30)26-14-17-12-20(16-26)24-21(18-6-2-1-3-7-18)10-11-23(28)27(24)15-17/h1-11,17,20H,12,14-16H2/t17-,20+/m0/s1. The van der Waals surface area contributed by atoms with Crippen LogP contribution in [0.15, 0.2) is 76.4 Å². The number of nitrogens with zero attached hydrogens (tertiary/aromatic N) is 3. The highest BCUT2D eigenvalue weighted by Gasteiger charge is 2.41. The van der Waals surface area contributed by atoms with Crippen molar-refractivity contribution in [2.45, 2.75) is 23.8 Å². The summed E-state index contributed by atoms with van der Waals surface area (Å²) in [5.41, 5.74) is 3.00. The first-order valence-electron chi connectivity index (χ1n) is 10.3. The van der Waals surface area contributed by atoms with Crippen molar-refractivity contribution in [1.29, 1.82) is 5.26 Å². The molecule has 2 atom stereocenters. The Hall–Kier alpha value is -3.21. The molecule has 0 amide bonds. The van der Waals surface area contributed by atoms with Gasteiger partial charge in [0.2, 0.25) is 10.0 Å². The lowest BCUT2D eigenvalue weighted by molar-refractivity contribution is 0.187. The van der Waals surface area contributed by atoms with E-state index in [4.69, 9.17) is 0 Å². The van der Waals surface area contributed by atoms with Crippen molar-refractivity contribution in [3.8, 4) is 17.2 Å². The van der Waals surface area contributed by atoms with Crippen LogP contribution in [0.25, 0.3) is 11.1 Å². The molecule has 5 rings (SSSR count). The Kier molecular flexibility index (Phi) is 4.77. The highest BCUT2D eigenvalue weighted by Crippen LogP contribution is 2.41. The first-order valence-corrected chi connectivity index (χ1v) is 11.7. The molecule has 2 aromatic carbocycles. The van der Waals surface area contributed by atoms with Crippen LogP contribution in [0.4, 0.5) is 0 Å². The minimum atomic E-state index is -3.81. The maximum atomic E-state index is 13.4. The van der Waals surface area contributed by atoms with Crippen molar-refractivity contribution >= 4 is 10.0 Å². The molecule has 1 aromatic heterocycles. The highest BCUT2D eigenvalue weighted by molar-refractivity contribution is 7.89. The molecule has 7 heteroatoms. The number of benzene rings is 2. The van der Waals surface area contributed by atoms with Gasteiger partial charge < -0.3 is 4.57 Å². The van der Waals surface area contributed by atoms with E-state index in [0.717, 1.165) is 23.2 Å². The van der Waals surface area contributed by atoms with Gasteiger partial charge in [-0.2, -0.15) is 9.57 Å². The molecule has 156 valence electrons. The summed E-state index contributed by atoms with van der Waals surface area (Å²) < 4.78 is 30.2. The Labute approximate surface area is 181 Å². The minimum Gasteiger partial charge on any atom is -0.311 e. The van der Waals surface area contributed by atoms with Crippen molar-refractivity contribution < 1.29 is 8.42 Å². The van der Waals surface area contributed by atoms with Gasteiger partial charge in [-0.15, -0.1) is 0 Å². The van der Waals surface area contributed by atoms with Crippen LogP contribution < -0.4 is 5.56 Å². The summed E-state index contributed by atoms with van der Waals surface area (Å²) in [5, 5.41) is 9.39. The molecular formula is C24H21N3O3S. The summed E-state index contributed by atoms with van der Waals surface area (Å²) in [6.07, 6.45) is 0.842. The third kappa shape index (κ3) is 3.29. The van der Waals surface area contributed by atoms with E-state index >= 15 is 0 Å². The highest BCUT2D eigenvalue weighted by atomic mass is 32.2. The van der Waals surface area contributed by atoms with E-state index in [0.29, 0.717) is 19.6 Å². The number of sulfonamides is 1. The van der Waals surface area contributed by atoms with Crippen molar-refractivity contribution in [2.75, 3.05) is 13.1 Å². The summed E-state index contributed by atoms with van der Waals surface area (Å²) in [5.74, 6) is -0.0281. The Morgan fingerprint density at radius 3 is 2.42 bits per heavy atom. The molecule has 31 heavy (non-hydrogen) atoms. The number of piperidine rings is 1. The number of hydrogen-bond acceptors (Lipinski definition) is 4. The smallest absolute Gasteiger partial charge is 0.250 e. The Balaban J connectivity index is 1.59. The van der Waals surface area contributed by atoms with Crippen molar-refractivity contribution in [3.05, 3.63) is 88.3 Å². The van der Waals surface area contributed by atoms with Crippen molar-refractivity contribution in [1.82, 2.24) is 8.87 Å². The topological polar surface area (TPSA) is 83.2 Å². The lowest BCUT2D eigenvalue weighted by Gasteiger charge is -2.43. The van der Waals surface area contributed by atoms with E-state index in [1.807, 2.05) is 47.0 Å². The van der Waals surface area contributed by atoms with Gasteiger partial charge in [0, 0.05) is 42.9 Å². The third-order valence-electron chi connectivity index (χ3n) is 6.27. The van der Waals surface area contributed by atoms with Gasteiger partial charge >= 0.3 is 0 Å². The van der Waals surface area contributed by atoms with Crippen molar-refractivity contribution in [2.24, 2.45) is 5.92 Å². The fourth-order valence-corrected chi connectivity index (χ4v) is 6.66. The summed E-state index contributed by atoms with van der Waals surface area (Å²) in [6.45, 7) is 1.14. The van der Waals surface area contributed by atoms with Crippen LogP contribution in [0, 0.1) is 17.2 Å². The zero-order valence-electron chi connectivity index (χ0n) is 16.8. The predicted molar refractivity (Wildman–Crippen MR) is 117 cm³/mol. The number of aromatic nitrogens is 1. The van der Waals surface area contributed by atoms with Gasteiger partial charge in [0.15, 0.2) is 0 Å². The van der Waals surface area contributed by atoms with Gasteiger partial charge in [0.25, 0.3) is 5.56 Å². The number of pyridine rings is 1. The van der Waals surface area contributed by atoms with E-state index < -0.39 is 10.0 Å². The summed E-state index contributed by atoms with van der Waals surface area (Å²) in [6, 6.07) is 21.6. The fourth-order valence-electron chi connectivity index (χ4n) is 4.95. The van der Waals surface area contributed by atoms with Crippen LogP contribution in [-0.2, 0) is 16.6 Å². The second-order valence-corrected chi connectivity index (χ2v) is 10.1. The summed E-state index contributed by atoms with van der Waals surface area (Å²) >= 11 is 0. The monoisotopic (exact) mass is 431 g/mol.